The molecular weight excluding hydrogens is 422 g/mol. The molecule has 32 heavy (non-hydrogen) atoms. The summed E-state index contributed by atoms with van der Waals surface area (Å²) in [7, 11) is 5.09. The third kappa shape index (κ3) is 4.30. The monoisotopic (exact) mass is 451 g/mol. The molecule has 0 N–H and O–H groups in total. The highest BCUT2D eigenvalue weighted by Gasteiger charge is 2.31. The number of aryl methyl sites for hydroxylation is 2. The van der Waals surface area contributed by atoms with Crippen LogP contribution in [0.1, 0.15) is 39.4 Å². The molecule has 1 aliphatic heterocycles. The maximum atomic E-state index is 6.41. The van der Waals surface area contributed by atoms with Crippen molar-refractivity contribution in [1.29, 1.82) is 0 Å². The summed E-state index contributed by atoms with van der Waals surface area (Å²) in [6.45, 7) is 6.02. The molecule has 1 atom stereocenters. The normalized spacial score (nSPS) is 15.9. The summed E-state index contributed by atoms with van der Waals surface area (Å²) < 4.78 is 16.7. The number of halogens is 1. The zero-order valence-electron chi connectivity index (χ0n) is 19.4. The molecule has 0 radical (unpaired) electrons. The maximum Gasteiger partial charge on any atom is 0.161 e. The van der Waals surface area contributed by atoms with E-state index in [-0.39, 0.29) is 6.04 Å². The molecule has 5 heteroatoms. The maximum absolute atomic E-state index is 6.41. The second kappa shape index (κ2) is 9.43. The van der Waals surface area contributed by atoms with Gasteiger partial charge in [-0.2, -0.15) is 0 Å². The molecular formula is C27H30ClNO3. The predicted octanol–water partition coefficient (Wildman–Crippen LogP) is 6.13. The Morgan fingerprint density at radius 2 is 1.59 bits per heavy atom. The average molecular weight is 452 g/mol. The van der Waals surface area contributed by atoms with Gasteiger partial charge in [-0.3, -0.25) is 4.90 Å². The smallest absolute Gasteiger partial charge is 0.161 e. The van der Waals surface area contributed by atoms with Crippen molar-refractivity contribution in [2.45, 2.75) is 32.9 Å². The molecule has 3 aromatic carbocycles. The van der Waals surface area contributed by atoms with Crippen molar-refractivity contribution in [2.24, 2.45) is 0 Å². The second-order valence-corrected chi connectivity index (χ2v) is 8.77. The predicted molar refractivity (Wildman–Crippen MR) is 129 cm³/mol. The first kappa shape index (κ1) is 22.5. The molecule has 0 unspecified atom stereocenters. The van der Waals surface area contributed by atoms with Crippen LogP contribution in [0.3, 0.4) is 0 Å². The summed E-state index contributed by atoms with van der Waals surface area (Å²) in [5, 5.41) is 0.742. The Balaban J connectivity index is 1.80. The molecule has 4 nitrogen and oxygen atoms in total. The van der Waals surface area contributed by atoms with E-state index in [1.54, 1.807) is 21.3 Å². The first-order chi connectivity index (χ1) is 15.4. The minimum atomic E-state index is 0.0686. The van der Waals surface area contributed by atoms with Gasteiger partial charge in [0.25, 0.3) is 0 Å². The molecule has 1 aliphatic rings. The number of rotatable bonds is 6. The Kier molecular flexibility index (Phi) is 6.63. The van der Waals surface area contributed by atoms with Crippen molar-refractivity contribution >= 4 is 11.6 Å². The Morgan fingerprint density at radius 3 is 2.28 bits per heavy atom. The number of fused-ring (bicyclic) bond motifs is 1. The molecule has 168 valence electrons. The highest BCUT2D eigenvalue weighted by molar-refractivity contribution is 6.30. The SMILES string of the molecule is COc1cc(C)c(CN2CCc3cc(OC)c(OC)cc3[C@H]2c2cccc(Cl)c2)cc1C. The van der Waals surface area contributed by atoms with E-state index in [0.29, 0.717) is 0 Å². The van der Waals surface area contributed by atoms with Crippen LogP contribution >= 0.6 is 11.6 Å². The first-order valence-corrected chi connectivity index (χ1v) is 11.2. The topological polar surface area (TPSA) is 30.9 Å². The lowest BCUT2D eigenvalue weighted by atomic mass is 9.87. The summed E-state index contributed by atoms with van der Waals surface area (Å²) in [5.41, 5.74) is 7.38. The van der Waals surface area contributed by atoms with Gasteiger partial charge in [0.1, 0.15) is 5.75 Å². The van der Waals surface area contributed by atoms with E-state index >= 15 is 0 Å². The van der Waals surface area contributed by atoms with Crippen LogP contribution in [0.5, 0.6) is 17.2 Å². The molecule has 4 rings (SSSR count). The molecule has 0 bridgehead atoms. The Hall–Kier alpha value is -2.69. The van der Waals surface area contributed by atoms with Crippen molar-refractivity contribution in [1.82, 2.24) is 4.90 Å². The Morgan fingerprint density at radius 1 is 0.875 bits per heavy atom. The lowest BCUT2D eigenvalue weighted by molar-refractivity contribution is 0.203. The van der Waals surface area contributed by atoms with Crippen LogP contribution in [0.2, 0.25) is 5.02 Å². The zero-order valence-corrected chi connectivity index (χ0v) is 20.1. The van der Waals surface area contributed by atoms with Crippen LogP contribution < -0.4 is 14.2 Å². The molecule has 0 saturated carbocycles. The van der Waals surface area contributed by atoms with Crippen LogP contribution in [-0.2, 0) is 13.0 Å². The van der Waals surface area contributed by atoms with E-state index in [1.807, 2.05) is 12.1 Å². The van der Waals surface area contributed by atoms with E-state index < -0.39 is 0 Å². The van der Waals surface area contributed by atoms with Gasteiger partial charge in [0.15, 0.2) is 11.5 Å². The number of methoxy groups -OCH3 is 3. The largest absolute Gasteiger partial charge is 0.496 e. The number of nitrogens with zero attached hydrogens (tertiary/aromatic N) is 1. The fourth-order valence-electron chi connectivity index (χ4n) is 4.69. The Labute approximate surface area is 195 Å². The number of ether oxygens (including phenoxy) is 3. The second-order valence-electron chi connectivity index (χ2n) is 8.33. The van der Waals surface area contributed by atoms with E-state index in [1.165, 1.54) is 27.8 Å². The number of benzene rings is 3. The minimum absolute atomic E-state index is 0.0686. The minimum Gasteiger partial charge on any atom is -0.496 e. The summed E-state index contributed by atoms with van der Waals surface area (Å²) in [6.07, 6.45) is 0.945. The third-order valence-electron chi connectivity index (χ3n) is 6.36. The highest BCUT2D eigenvalue weighted by Crippen LogP contribution is 2.42. The highest BCUT2D eigenvalue weighted by atomic mass is 35.5. The standard InChI is InChI=1S/C27H30ClNO3/c1-17-12-24(30-3)18(2)11-21(17)16-29-10-9-19-14-25(31-4)26(32-5)15-23(19)27(29)20-7-6-8-22(28)13-20/h6-8,11-15,27H,9-10,16H2,1-5H3/t27-/m1/s1. The van der Waals surface area contributed by atoms with E-state index in [4.69, 9.17) is 25.8 Å². The molecule has 0 spiro atoms. The van der Waals surface area contributed by atoms with Crippen LogP contribution in [0.4, 0.5) is 0 Å². The van der Waals surface area contributed by atoms with Crippen molar-refractivity contribution in [3.63, 3.8) is 0 Å². The number of hydrogen-bond acceptors (Lipinski definition) is 4. The van der Waals surface area contributed by atoms with Gasteiger partial charge in [0, 0.05) is 18.1 Å². The molecule has 0 aromatic heterocycles. The van der Waals surface area contributed by atoms with Crippen molar-refractivity contribution in [3.05, 3.63) is 86.9 Å². The van der Waals surface area contributed by atoms with E-state index in [2.05, 4.69) is 55.1 Å². The van der Waals surface area contributed by atoms with Gasteiger partial charge in [-0.05, 0) is 84.0 Å². The van der Waals surface area contributed by atoms with Crippen LogP contribution in [0.25, 0.3) is 0 Å². The van der Waals surface area contributed by atoms with Crippen LogP contribution in [0.15, 0.2) is 48.5 Å². The molecule has 0 fully saturated rings. The first-order valence-electron chi connectivity index (χ1n) is 10.8. The van der Waals surface area contributed by atoms with Crippen LogP contribution in [0, 0.1) is 13.8 Å². The fraction of sp³-hybridized carbons (Fsp3) is 0.333. The van der Waals surface area contributed by atoms with Gasteiger partial charge >= 0.3 is 0 Å². The van der Waals surface area contributed by atoms with Crippen molar-refractivity contribution in [2.75, 3.05) is 27.9 Å². The summed E-state index contributed by atoms with van der Waals surface area (Å²) in [4.78, 5) is 2.52. The third-order valence-corrected chi connectivity index (χ3v) is 6.60. The summed E-state index contributed by atoms with van der Waals surface area (Å²) in [5.74, 6) is 2.45. The fourth-order valence-corrected chi connectivity index (χ4v) is 4.89. The van der Waals surface area contributed by atoms with Gasteiger partial charge < -0.3 is 14.2 Å². The van der Waals surface area contributed by atoms with Gasteiger partial charge in [-0.15, -0.1) is 0 Å². The summed E-state index contributed by atoms with van der Waals surface area (Å²) >= 11 is 6.41. The average Bonchev–Trinajstić information content (AvgIpc) is 2.80. The molecule has 1 heterocycles. The lowest BCUT2D eigenvalue weighted by Crippen LogP contribution is -2.36. The summed E-state index contributed by atoms with van der Waals surface area (Å²) in [6, 6.07) is 16.8. The molecule has 0 aliphatic carbocycles. The quantitative estimate of drug-likeness (QED) is 0.451. The number of hydrogen-bond donors (Lipinski definition) is 0. The van der Waals surface area contributed by atoms with Crippen LogP contribution in [-0.4, -0.2) is 32.8 Å². The molecule has 0 amide bonds. The van der Waals surface area contributed by atoms with Crippen molar-refractivity contribution < 1.29 is 14.2 Å². The molecule has 3 aromatic rings. The van der Waals surface area contributed by atoms with Gasteiger partial charge in [0.2, 0.25) is 0 Å². The van der Waals surface area contributed by atoms with E-state index in [0.717, 1.165) is 47.3 Å². The molecule has 0 saturated heterocycles. The zero-order chi connectivity index (χ0) is 22.8. The van der Waals surface area contributed by atoms with E-state index in [9.17, 15) is 0 Å². The Bertz CT molecular complexity index is 1130. The van der Waals surface area contributed by atoms with Gasteiger partial charge in [-0.25, -0.2) is 0 Å². The van der Waals surface area contributed by atoms with Gasteiger partial charge in [-0.1, -0.05) is 29.8 Å². The van der Waals surface area contributed by atoms with Gasteiger partial charge in [0.05, 0.1) is 27.4 Å². The van der Waals surface area contributed by atoms with Crippen molar-refractivity contribution in [3.8, 4) is 17.2 Å². The lowest BCUT2D eigenvalue weighted by Gasteiger charge is -2.38.